The van der Waals surface area contributed by atoms with Crippen molar-refractivity contribution in [1.29, 1.82) is 0 Å². The predicted molar refractivity (Wildman–Crippen MR) is 72.4 cm³/mol. The molecule has 0 aromatic carbocycles. The second-order valence-electron chi connectivity index (χ2n) is 5.21. The molecule has 100 valence electrons. The molecule has 1 fully saturated rings. The van der Waals surface area contributed by atoms with Crippen LogP contribution in [0, 0.1) is 5.92 Å². The molecule has 1 aliphatic rings. The minimum Gasteiger partial charge on any atom is -0.508 e. The Balaban J connectivity index is 2.69. The van der Waals surface area contributed by atoms with Crippen LogP contribution in [0.5, 0.6) is 0 Å². The summed E-state index contributed by atoms with van der Waals surface area (Å²) in [6, 6.07) is 0. The van der Waals surface area contributed by atoms with Gasteiger partial charge in [0.2, 0.25) is 0 Å². The van der Waals surface area contributed by atoms with Crippen molar-refractivity contribution in [3.05, 3.63) is 36.6 Å². The van der Waals surface area contributed by atoms with Gasteiger partial charge in [0.25, 0.3) is 0 Å². The third-order valence-electron chi connectivity index (χ3n) is 3.50. The summed E-state index contributed by atoms with van der Waals surface area (Å²) in [6.45, 7) is 12.8. The van der Waals surface area contributed by atoms with Gasteiger partial charge in [0.15, 0.2) is 5.78 Å². The van der Waals surface area contributed by atoms with Crippen molar-refractivity contribution >= 4 is 5.78 Å². The molecule has 3 atom stereocenters. The normalized spacial score (nSPS) is 29.9. The highest BCUT2D eigenvalue weighted by molar-refractivity contribution is 5.92. The number of hydrogen-bond acceptors (Lipinski definition) is 3. The summed E-state index contributed by atoms with van der Waals surface area (Å²) in [4.78, 5) is 12.0. The van der Waals surface area contributed by atoms with Crippen LogP contribution in [0.3, 0.4) is 0 Å². The highest BCUT2D eigenvalue weighted by atomic mass is 16.5. The first kappa shape index (κ1) is 14.7. The summed E-state index contributed by atoms with van der Waals surface area (Å²) in [7, 11) is 0. The zero-order valence-electron chi connectivity index (χ0n) is 11.4. The van der Waals surface area contributed by atoms with Gasteiger partial charge in [-0.05, 0) is 32.3 Å². The molecule has 0 saturated carbocycles. The summed E-state index contributed by atoms with van der Waals surface area (Å²) < 4.78 is 5.85. The average molecular weight is 250 g/mol. The molecule has 1 N–H and O–H groups in total. The summed E-state index contributed by atoms with van der Waals surface area (Å²) in [6.07, 6.45) is 4.60. The Morgan fingerprint density at radius 2 is 2.22 bits per heavy atom. The van der Waals surface area contributed by atoms with Gasteiger partial charge < -0.3 is 9.84 Å². The van der Waals surface area contributed by atoms with E-state index in [1.165, 1.54) is 6.08 Å². The van der Waals surface area contributed by atoms with E-state index in [-0.39, 0.29) is 29.2 Å². The van der Waals surface area contributed by atoms with Gasteiger partial charge in [-0.15, -0.1) is 6.58 Å². The van der Waals surface area contributed by atoms with Crippen LogP contribution in [-0.4, -0.2) is 22.6 Å². The molecule has 0 unspecified atom stereocenters. The average Bonchev–Trinajstić information content (AvgIpc) is 2.71. The molecule has 1 heterocycles. The third kappa shape index (κ3) is 3.33. The van der Waals surface area contributed by atoms with Gasteiger partial charge in [-0.25, -0.2) is 0 Å². The van der Waals surface area contributed by atoms with Crippen LogP contribution in [0.15, 0.2) is 36.6 Å². The maximum absolute atomic E-state index is 12.0. The largest absolute Gasteiger partial charge is 0.508 e. The van der Waals surface area contributed by atoms with Crippen LogP contribution in [0.1, 0.15) is 33.6 Å². The monoisotopic (exact) mass is 250 g/mol. The van der Waals surface area contributed by atoms with Crippen molar-refractivity contribution < 1.29 is 14.6 Å². The molecule has 0 amide bonds. The lowest BCUT2D eigenvalue weighted by molar-refractivity contribution is -0.123. The molecule has 0 aromatic heterocycles. The van der Waals surface area contributed by atoms with Crippen molar-refractivity contribution in [2.24, 2.45) is 5.92 Å². The van der Waals surface area contributed by atoms with E-state index < -0.39 is 0 Å². The second kappa shape index (κ2) is 5.53. The van der Waals surface area contributed by atoms with E-state index in [9.17, 15) is 9.90 Å². The van der Waals surface area contributed by atoms with E-state index in [1.54, 1.807) is 13.0 Å². The minimum atomic E-state index is -0.334. The number of rotatable bonds is 5. The lowest BCUT2D eigenvalue weighted by Crippen LogP contribution is -2.28. The Hall–Kier alpha value is -1.35. The first-order chi connectivity index (χ1) is 8.29. The van der Waals surface area contributed by atoms with Crippen molar-refractivity contribution in [2.45, 2.75) is 45.3 Å². The maximum atomic E-state index is 12.0. The Morgan fingerprint density at radius 1 is 1.61 bits per heavy atom. The Morgan fingerprint density at radius 3 is 2.67 bits per heavy atom. The first-order valence-electron chi connectivity index (χ1n) is 6.21. The van der Waals surface area contributed by atoms with E-state index in [0.29, 0.717) is 5.57 Å². The summed E-state index contributed by atoms with van der Waals surface area (Å²) in [5.41, 5.74) is 0.151. The van der Waals surface area contributed by atoms with Gasteiger partial charge >= 0.3 is 0 Å². The summed E-state index contributed by atoms with van der Waals surface area (Å²) >= 11 is 0. The smallest absolute Gasteiger partial charge is 0.164 e. The number of ether oxygens (including phenoxy) is 1. The van der Waals surface area contributed by atoms with Gasteiger partial charge in [-0.2, -0.15) is 0 Å². The Kier molecular flexibility index (Phi) is 4.52. The molecule has 3 nitrogen and oxygen atoms in total. The number of hydrogen-bond donors (Lipinski definition) is 1. The van der Waals surface area contributed by atoms with Gasteiger partial charge in [0.1, 0.15) is 5.76 Å². The van der Waals surface area contributed by atoms with E-state index in [2.05, 4.69) is 13.2 Å². The number of carbonyl (C=O) groups is 1. The summed E-state index contributed by atoms with van der Waals surface area (Å²) in [5.74, 6) is -0.460. The molecule has 0 bridgehead atoms. The first-order valence-corrected chi connectivity index (χ1v) is 6.21. The molecular weight excluding hydrogens is 228 g/mol. The van der Waals surface area contributed by atoms with Crippen LogP contribution in [0.25, 0.3) is 0 Å². The van der Waals surface area contributed by atoms with E-state index in [1.807, 2.05) is 13.8 Å². The Bertz CT molecular complexity index is 395. The quantitative estimate of drug-likeness (QED) is 0.352. The fourth-order valence-electron chi connectivity index (χ4n) is 1.97. The van der Waals surface area contributed by atoms with Crippen LogP contribution in [0.4, 0.5) is 0 Å². The Labute approximate surface area is 109 Å². The lowest BCUT2D eigenvalue weighted by atomic mass is 9.95. The second-order valence-corrected chi connectivity index (χ2v) is 5.21. The molecule has 3 heteroatoms. The standard InChI is InChI=1S/C15H22O3/c1-6-15(5)8-7-14(18-15)11(4)13(17)9-12(16)10(2)3/h6,9,11,14,16H,1-2,7-8H2,3-5H3/b12-9-/t11-,14+,15+/m1/s1. The van der Waals surface area contributed by atoms with E-state index >= 15 is 0 Å². The van der Waals surface area contributed by atoms with Crippen LogP contribution < -0.4 is 0 Å². The lowest BCUT2D eigenvalue weighted by Gasteiger charge is -2.23. The molecule has 0 radical (unpaired) electrons. The van der Waals surface area contributed by atoms with Gasteiger partial charge in [0, 0.05) is 12.0 Å². The number of ketones is 1. The van der Waals surface area contributed by atoms with Crippen molar-refractivity contribution in [3.63, 3.8) is 0 Å². The van der Waals surface area contributed by atoms with Gasteiger partial charge in [-0.1, -0.05) is 19.6 Å². The van der Waals surface area contributed by atoms with E-state index in [0.717, 1.165) is 12.8 Å². The SMILES string of the molecule is C=C[C@@]1(C)CC[C@@H]([C@H](C)C(=O)/C=C(\O)C(=C)C)O1. The number of aliphatic hydroxyl groups is 1. The third-order valence-corrected chi connectivity index (χ3v) is 3.50. The predicted octanol–water partition coefficient (Wildman–Crippen LogP) is 3.33. The van der Waals surface area contributed by atoms with Crippen LogP contribution >= 0.6 is 0 Å². The molecule has 0 spiro atoms. The minimum absolute atomic E-state index is 0.0590. The zero-order valence-corrected chi connectivity index (χ0v) is 11.4. The maximum Gasteiger partial charge on any atom is 0.164 e. The van der Waals surface area contributed by atoms with Gasteiger partial charge in [-0.3, -0.25) is 4.79 Å². The molecular formula is C15H22O3. The summed E-state index contributed by atoms with van der Waals surface area (Å²) in [5, 5.41) is 9.52. The van der Waals surface area contributed by atoms with E-state index in [4.69, 9.17) is 4.74 Å². The fourth-order valence-corrected chi connectivity index (χ4v) is 1.97. The molecule has 0 aromatic rings. The highest BCUT2D eigenvalue weighted by Crippen LogP contribution is 2.34. The number of allylic oxidation sites excluding steroid dienone is 2. The molecule has 0 aliphatic carbocycles. The number of aliphatic hydroxyl groups excluding tert-OH is 1. The molecule has 1 aliphatic heterocycles. The van der Waals surface area contributed by atoms with Crippen LogP contribution in [0.2, 0.25) is 0 Å². The molecule has 18 heavy (non-hydrogen) atoms. The topological polar surface area (TPSA) is 46.5 Å². The number of carbonyl (C=O) groups excluding carboxylic acids is 1. The van der Waals surface area contributed by atoms with Gasteiger partial charge in [0.05, 0.1) is 11.7 Å². The zero-order chi connectivity index (χ0) is 13.9. The van der Waals surface area contributed by atoms with Crippen molar-refractivity contribution in [2.75, 3.05) is 0 Å². The molecule has 1 saturated heterocycles. The van der Waals surface area contributed by atoms with Crippen molar-refractivity contribution in [1.82, 2.24) is 0 Å². The highest BCUT2D eigenvalue weighted by Gasteiger charge is 2.37. The van der Waals surface area contributed by atoms with Crippen LogP contribution in [-0.2, 0) is 9.53 Å². The van der Waals surface area contributed by atoms with Crippen molar-refractivity contribution in [3.8, 4) is 0 Å². The molecule has 1 rings (SSSR count). The fraction of sp³-hybridized carbons (Fsp3) is 0.533.